The largest absolute Gasteiger partial charge is 0.492 e. The molecule has 1 atom stereocenters. The van der Waals surface area contributed by atoms with E-state index >= 15 is 0 Å². The predicted molar refractivity (Wildman–Crippen MR) is 83.2 cm³/mol. The highest BCUT2D eigenvalue weighted by Gasteiger charge is 2.32. The maximum atomic E-state index is 5.77. The van der Waals surface area contributed by atoms with Crippen molar-refractivity contribution >= 4 is 15.9 Å². The van der Waals surface area contributed by atoms with Crippen LogP contribution in [0.15, 0.2) is 18.2 Å². The summed E-state index contributed by atoms with van der Waals surface area (Å²) < 4.78 is 5.77. The van der Waals surface area contributed by atoms with Crippen LogP contribution in [-0.2, 0) is 5.41 Å². The van der Waals surface area contributed by atoms with Crippen molar-refractivity contribution in [3.8, 4) is 5.75 Å². The van der Waals surface area contributed by atoms with Crippen molar-refractivity contribution in [2.75, 3.05) is 6.61 Å². The molecule has 1 aliphatic carbocycles. The second-order valence-electron chi connectivity index (χ2n) is 6.78. The second-order valence-corrected chi connectivity index (χ2v) is 7.89. The van der Waals surface area contributed by atoms with Gasteiger partial charge in [0.05, 0.1) is 6.61 Å². The van der Waals surface area contributed by atoms with Crippen LogP contribution in [0.25, 0.3) is 0 Å². The van der Waals surface area contributed by atoms with Crippen molar-refractivity contribution in [3.63, 3.8) is 0 Å². The van der Waals surface area contributed by atoms with Crippen LogP contribution in [0.5, 0.6) is 5.75 Å². The third-order valence-corrected chi connectivity index (χ3v) is 5.60. The smallest absolute Gasteiger partial charge is 0.123 e. The SMILES string of the molecule is CC1(C)COc2ccc(C(Br)CC3CCCC3)cc21. The Morgan fingerprint density at radius 2 is 2.05 bits per heavy atom. The van der Waals surface area contributed by atoms with Gasteiger partial charge in [0.1, 0.15) is 5.75 Å². The van der Waals surface area contributed by atoms with Crippen LogP contribution in [0.4, 0.5) is 0 Å². The number of benzene rings is 1. The summed E-state index contributed by atoms with van der Waals surface area (Å²) in [7, 11) is 0. The summed E-state index contributed by atoms with van der Waals surface area (Å²) in [4.78, 5) is 0.497. The highest BCUT2D eigenvalue weighted by molar-refractivity contribution is 9.09. The molecule has 1 heterocycles. The van der Waals surface area contributed by atoms with Crippen molar-refractivity contribution in [2.45, 2.75) is 56.2 Å². The molecule has 0 saturated heterocycles. The molecule has 1 fully saturated rings. The average Bonchev–Trinajstić information content (AvgIpc) is 2.98. The Morgan fingerprint density at radius 3 is 2.79 bits per heavy atom. The van der Waals surface area contributed by atoms with E-state index in [-0.39, 0.29) is 5.41 Å². The Bertz CT molecular complexity index is 460. The Labute approximate surface area is 124 Å². The molecule has 104 valence electrons. The minimum Gasteiger partial charge on any atom is -0.492 e. The van der Waals surface area contributed by atoms with Gasteiger partial charge in [-0.05, 0) is 24.0 Å². The lowest BCUT2D eigenvalue weighted by Gasteiger charge is -2.19. The van der Waals surface area contributed by atoms with Gasteiger partial charge in [-0.15, -0.1) is 0 Å². The molecule has 3 rings (SSSR count). The fraction of sp³-hybridized carbons (Fsp3) is 0.647. The molecule has 1 aliphatic heterocycles. The molecule has 1 aromatic carbocycles. The van der Waals surface area contributed by atoms with Gasteiger partial charge in [-0.2, -0.15) is 0 Å². The first kappa shape index (κ1) is 13.5. The lowest BCUT2D eigenvalue weighted by atomic mass is 9.85. The van der Waals surface area contributed by atoms with E-state index in [0.29, 0.717) is 4.83 Å². The first-order valence-electron chi connectivity index (χ1n) is 7.47. The van der Waals surface area contributed by atoms with Crippen molar-refractivity contribution < 1.29 is 4.74 Å². The summed E-state index contributed by atoms with van der Waals surface area (Å²) in [5, 5.41) is 0. The van der Waals surface area contributed by atoms with E-state index in [2.05, 4.69) is 48.0 Å². The van der Waals surface area contributed by atoms with Gasteiger partial charge in [0.25, 0.3) is 0 Å². The second kappa shape index (κ2) is 5.12. The lowest BCUT2D eigenvalue weighted by molar-refractivity contribution is 0.291. The Morgan fingerprint density at radius 1 is 1.32 bits per heavy atom. The molecule has 0 amide bonds. The normalized spacial score (nSPS) is 23.1. The third kappa shape index (κ3) is 2.69. The van der Waals surface area contributed by atoms with Gasteiger partial charge < -0.3 is 4.74 Å². The summed E-state index contributed by atoms with van der Waals surface area (Å²) in [6.07, 6.45) is 6.97. The fourth-order valence-corrected chi connectivity index (χ4v) is 4.22. The molecule has 19 heavy (non-hydrogen) atoms. The number of fused-ring (bicyclic) bond motifs is 1. The van der Waals surface area contributed by atoms with Gasteiger partial charge in [-0.1, -0.05) is 67.6 Å². The van der Waals surface area contributed by atoms with Crippen LogP contribution in [0.1, 0.15) is 61.9 Å². The van der Waals surface area contributed by atoms with Crippen molar-refractivity contribution in [1.82, 2.24) is 0 Å². The Hall–Kier alpha value is -0.500. The molecule has 2 heteroatoms. The minimum atomic E-state index is 0.158. The molecule has 0 spiro atoms. The van der Waals surface area contributed by atoms with Crippen molar-refractivity contribution in [3.05, 3.63) is 29.3 Å². The van der Waals surface area contributed by atoms with Crippen molar-refractivity contribution in [2.24, 2.45) is 5.92 Å². The van der Waals surface area contributed by atoms with Crippen LogP contribution < -0.4 is 4.74 Å². The lowest BCUT2D eigenvalue weighted by Crippen LogP contribution is -2.18. The van der Waals surface area contributed by atoms with E-state index in [1.165, 1.54) is 43.2 Å². The maximum Gasteiger partial charge on any atom is 0.123 e. The molecule has 1 unspecified atom stereocenters. The quantitative estimate of drug-likeness (QED) is 0.679. The molecule has 1 saturated carbocycles. The van der Waals surface area contributed by atoms with E-state index < -0.39 is 0 Å². The van der Waals surface area contributed by atoms with Gasteiger partial charge in [-0.25, -0.2) is 0 Å². The number of hydrogen-bond donors (Lipinski definition) is 0. The number of ether oxygens (including phenoxy) is 1. The topological polar surface area (TPSA) is 9.23 Å². The van der Waals surface area contributed by atoms with E-state index in [0.717, 1.165) is 18.3 Å². The molecule has 1 nitrogen and oxygen atoms in total. The summed E-state index contributed by atoms with van der Waals surface area (Å²) in [6, 6.07) is 6.74. The monoisotopic (exact) mass is 322 g/mol. The minimum absolute atomic E-state index is 0.158. The molecular formula is C17H23BrO. The summed E-state index contributed by atoms with van der Waals surface area (Å²) >= 11 is 3.90. The fourth-order valence-electron chi connectivity index (χ4n) is 3.41. The molecule has 1 aromatic rings. The number of hydrogen-bond acceptors (Lipinski definition) is 1. The van der Waals surface area contributed by atoms with Gasteiger partial charge in [0, 0.05) is 15.8 Å². The zero-order valence-electron chi connectivity index (χ0n) is 11.9. The van der Waals surface area contributed by atoms with Crippen molar-refractivity contribution in [1.29, 1.82) is 0 Å². The molecule has 2 aliphatic rings. The zero-order chi connectivity index (χ0) is 13.5. The van der Waals surface area contributed by atoms with Gasteiger partial charge in [0.2, 0.25) is 0 Å². The number of rotatable bonds is 3. The highest BCUT2D eigenvalue weighted by Crippen LogP contribution is 2.43. The first-order chi connectivity index (χ1) is 9.06. The first-order valence-corrected chi connectivity index (χ1v) is 8.39. The third-order valence-electron chi connectivity index (χ3n) is 4.70. The van der Waals surface area contributed by atoms with E-state index in [9.17, 15) is 0 Å². The van der Waals surface area contributed by atoms with Gasteiger partial charge in [0.15, 0.2) is 0 Å². The van der Waals surface area contributed by atoms with Crippen LogP contribution >= 0.6 is 15.9 Å². The zero-order valence-corrected chi connectivity index (χ0v) is 13.5. The average molecular weight is 323 g/mol. The summed E-state index contributed by atoms with van der Waals surface area (Å²) in [5.41, 5.74) is 2.95. The number of halogens is 1. The molecule has 0 N–H and O–H groups in total. The predicted octanol–water partition coefficient (Wildman–Crippen LogP) is 5.37. The van der Waals surface area contributed by atoms with Crippen LogP contribution in [0.2, 0.25) is 0 Å². The van der Waals surface area contributed by atoms with Gasteiger partial charge >= 0.3 is 0 Å². The van der Waals surface area contributed by atoms with Crippen LogP contribution in [-0.4, -0.2) is 6.61 Å². The van der Waals surface area contributed by atoms with Gasteiger partial charge in [-0.3, -0.25) is 0 Å². The Balaban J connectivity index is 1.78. The standard InChI is InChI=1S/C17H23BrO/c1-17(2)11-19-16-8-7-13(10-14(16)17)15(18)9-12-5-3-4-6-12/h7-8,10,12,15H,3-6,9,11H2,1-2H3. The Kier molecular flexibility index (Phi) is 3.63. The maximum absolute atomic E-state index is 5.77. The summed E-state index contributed by atoms with van der Waals surface area (Å²) in [6.45, 7) is 5.34. The highest BCUT2D eigenvalue weighted by atomic mass is 79.9. The van der Waals surface area contributed by atoms with E-state index in [1.807, 2.05) is 0 Å². The summed E-state index contributed by atoms with van der Waals surface area (Å²) in [5.74, 6) is 2.00. The van der Waals surface area contributed by atoms with E-state index in [1.54, 1.807) is 0 Å². The molecule has 0 aromatic heterocycles. The van der Waals surface area contributed by atoms with E-state index in [4.69, 9.17) is 4.74 Å². The van der Waals surface area contributed by atoms with Crippen LogP contribution in [0.3, 0.4) is 0 Å². The van der Waals surface area contributed by atoms with Crippen LogP contribution in [0, 0.1) is 5.92 Å². The molecule has 0 bridgehead atoms. The number of alkyl halides is 1. The molecular weight excluding hydrogens is 300 g/mol. The molecule has 0 radical (unpaired) electrons.